The van der Waals surface area contributed by atoms with Crippen LogP contribution in [0.1, 0.15) is 40.6 Å². The van der Waals surface area contributed by atoms with Gasteiger partial charge in [0.05, 0.1) is 5.69 Å². The van der Waals surface area contributed by atoms with E-state index in [2.05, 4.69) is 19.7 Å². The molecule has 1 fully saturated rings. The van der Waals surface area contributed by atoms with E-state index in [4.69, 9.17) is 4.52 Å². The Morgan fingerprint density at radius 1 is 1.31 bits per heavy atom. The molecular formula is C18H19N5O4S2. The minimum Gasteiger partial charge on any atom is -0.360 e. The minimum atomic E-state index is -3.36. The molecule has 29 heavy (non-hydrogen) atoms. The first-order valence-electron chi connectivity index (χ1n) is 9.04. The predicted molar refractivity (Wildman–Crippen MR) is 105 cm³/mol. The van der Waals surface area contributed by atoms with Gasteiger partial charge in [-0.2, -0.15) is 0 Å². The van der Waals surface area contributed by atoms with Gasteiger partial charge in [0.15, 0.2) is 14.0 Å². The zero-order chi connectivity index (χ0) is 20.6. The molecule has 1 amide bonds. The van der Waals surface area contributed by atoms with E-state index in [-0.39, 0.29) is 16.0 Å². The highest BCUT2D eigenvalue weighted by atomic mass is 32.2. The molecule has 1 saturated heterocycles. The van der Waals surface area contributed by atoms with Gasteiger partial charge in [-0.1, -0.05) is 9.64 Å². The largest absolute Gasteiger partial charge is 0.360 e. The summed E-state index contributed by atoms with van der Waals surface area (Å²) in [6.07, 6.45) is 5.69. The maximum Gasteiger partial charge on any atom is 0.259 e. The molecule has 1 aliphatic rings. The Morgan fingerprint density at radius 2 is 2.07 bits per heavy atom. The summed E-state index contributed by atoms with van der Waals surface area (Å²) in [5, 5.41) is 8.10. The highest BCUT2D eigenvalue weighted by molar-refractivity contribution is 7.92. The molecule has 0 spiro atoms. The molecule has 0 unspecified atom stereocenters. The second-order valence-electron chi connectivity index (χ2n) is 6.99. The summed E-state index contributed by atoms with van der Waals surface area (Å²) in [7, 11) is -3.36. The number of likely N-dealkylation sites (tertiary alicyclic amines) is 1. The van der Waals surface area contributed by atoms with Crippen LogP contribution in [0.25, 0.3) is 11.3 Å². The van der Waals surface area contributed by atoms with Crippen LogP contribution in [0.2, 0.25) is 0 Å². The molecule has 0 aliphatic carbocycles. The zero-order valence-corrected chi connectivity index (χ0v) is 17.5. The molecule has 152 valence electrons. The van der Waals surface area contributed by atoms with Gasteiger partial charge in [-0.3, -0.25) is 9.78 Å². The molecular weight excluding hydrogens is 414 g/mol. The van der Waals surface area contributed by atoms with Crippen molar-refractivity contribution >= 4 is 27.3 Å². The van der Waals surface area contributed by atoms with Gasteiger partial charge in [-0.05, 0) is 31.9 Å². The van der Waals surface area contributed by atoms with E-state index >= 15 is 0 Å². The lowest BCUT2D eigenvalue weighted by Crippen LogP contribution is -2.38. The van der Waals surface area contributed by atoms with Crippen molar-refractivity contribution < 1.29 is 17.7 Å². The van der Waals surface area contributed by atoms with Crippen LogP contribution in [0.5, 0.6) is 0 Å². The molecule has 0 saturated carbocycles. The third kappa shape index (κ3) is 3.79. The lowest BCUT2D eigenvalue weighted by molar-refractivity contribution is 0.0710. The van der Waals surface area contributed by atoms with E-state index in [0.717, 1.165) is 11.5 Å². The van der Waals surface area contributed by atoms with Gasteiger partial charge in [0, 0.05) is 54.8 Å². The smallest absolute Gasteiger partial charge is 0.259 e. The third-order valence-corrected chi connectivity index (χ3v) is 7.55. The van der Waals surface area contributed by atoms with Gasteiger partial charge in [0.1, 0.15) is 17.0 Å². The Bertz CT molecular complexity index is 1130. The Morgan fingerprint density at radius 3 is 2.72 bits per heavy atom. The fourth-order valence-corrected chi connectivity index (χ4v) is 5.27. The van der Waals surface area contributed by atoms with Crippen molar-refractivity contribution in [3.05, 3.63) is 41.5 Å². The predicted octanol–water partition coefficient (Wildman–Crippen LogP) is 2.32. The summed E-state index contributed by atoms with van der Waals surface area (Å²) in [6.45, 7) is 2.69. The van der Waals surface area contributed by atoms with E-state index in [1.165, 1.54) is 6.26 Å². The van der Waals surface area contributed by atoms with Crippen LogP contribution in [-0.4, -0.2) is 58.3 Å². The molecule has 0 bridgehead atoms. The normalized spacial score (nSPS) is 15.6. The quantitative estimate of drug-likeness (QED) is 0.615. The molecule has 1 aliphatic heterocycles. The van der Waals surface area contributed by atoms with E-state index in [1.807, 2.05) is 6.07 Å². The van der Waals surface area contributed by atoms with Gasteiger partial charge in [-0.15, -0.1) is 5.10 Å². The SMILES string of the molecule is Cc1onc(-c2cccnc2)c1C(=O)N1CCC(c2nnsc2S(C)(=O)=O)CC1. The number of carbonyl (C=O) groups is 1. The van der Waals surface area contributed by atoms with Crippen molar-refractivity contribution in [3.8, 4) is 11.3 Å². The van der Waals surface area contributed by atoms with Crippen LogP contribution in [-0.2, 0) is 9.84 Å². The van der Waals surface area contributed by atoms with Gasteiger partial charge in [0.2, 0.25) is 0 Å². The van der Waals surface area contributed by atoms with Crippen molar-refractivity contribution in [1.82, 2.24) is 24.6 Å². The maximum atomic E-state index is 13.2. The number of sulfone groups is 1. The summed E-state index contributed by atoms with van der Waals surface area (Å²) < 4.78 is 33.2. The third-order valence-electron chi connectivity index (χ3n) is 5.00. The lowest BCUT2D eigenvalue weighted by atomic mass is 9.93. The Kier molecular flexibility index (Phi) is 5.17. The Labute approximate surface area is 171 Å². The van der Waals surface area contributed by atoms with E-state index in [9.17, 15) is 13.2 Å². The molecule has 0 N–H and O–H groups in total. The average molecular weight is 434 g/mol. The van der Waals surface area contributed by atoms with Crippen LogP contribution in [0, 0.1) is 6.92 Å². The van der Waals surface area contributed by atoms with E-state index < -0.39 is 9.84 Å². The van der Waals surface area contributed by atoms with Crippen molar-refractivity contribution in [2.24, 2.45) is 0 Å². The lowest BCUT2D eigenvalue weighted by Gasteiger charge is -2.31. The van der Waals surface area contributed by atoms with Gasteiger partial charge >= 0.3 is 0 Å². The number of amides is 1. The highest BCUT2D eigenvalue weighted by Gasteiger charge is 2.32. The van der Waals surface area contributed by atoms with Crippen molar-refractivity contribution in [3.63, 3.8) is 0 Å². The first-order valence-corrected chi connectivity index (χ1v) is 11.7. The summed E-state index contributed by atoms with van der Waals surface area (Å²) in [4.78, 5) is 19.0. The average Bonchev–Trinajstić information content (AvgIpc) is 3.35. The molecule has 9 nitrogen and oxygen atoms in total. The summed E-state index contributed by atoms with van der Waals surface area (Å²) >= 11 is 0.901. The molecule has 0 atom stereocenters. The van der Waals surface area contributed by atoms with Crippen LogP contribution < -0.4 is 0 Å². The first kappa shape index (κ1) is 19.6. The molecule has 11 heteroatoms. The second-order valence-corrected chi connectivity index (χ2v) is 9.95. The molecule has 0 radical (unpaired) electrons. The molecule has 0 aromatic carbocycles. The molecule has 4 rings (SSSR count). The van der Waals surface area contributed by atoms with Crippen molar-refractivity contribution in [1.29, 1.82) is 0 Å². The molecule has 3 aromatic heterocycles. The van der Waals surface area contributed by atoms with Crippen LogP contribution in [0.4, 0.5) is 0 Å². The van der Waals surface area contributed by atoms with Crippen LogP contribution >= 0.6 is 11.5 Å². The van der Waals surface area contributed by atoms with E-state index in [1.54, 1.807) is 30.3 Å². The van der Waals surface area contributed by atoms with Crippen molar-refractivity contribution in [2.75, 3.05) is 19.3 Å². The number of rotatable bonds is 4. The Hall–Kier alpha value is -2.66. The number of nitrogens with zero attached hydrogens (tertiary/aromatic N) is 5. The number of aryl methyl sites for hydroxylation is 1. The fraction of sp³-hybridized carbons (Fsp3) is 0.389. The summed E-state index contributed by atoms with van der Waals surface area (Å²) in [5.41, 5.74) is 2.14. The number of hydrogen-bond acceptors (Lipinski definition) is 9. The summed E-state index contributed by atoms with van der Waals surface area (Å²) in [6, 6.07) is 3.61. The summed E-state index contributed by atoms with van der Waals surface area (Å²) in [5.74, 6) is 0.267. The topological polar surface area (TPSA) is 119 Å². The van der Waals surface area contributed by atoms with Crippen LogP contribution in [0.3, 0.4) is 0 Å². The highest BCUT2D eigenvalue weighted by Crippen LogP contribution is 2.34. The number of piperidine rings is 1. The van der Waals surface area contributed by atoms with Gasteiger partial charge in [0.25, 0.3) is 5.91 Å². The second kappa shape index (κ2) is 7.64. The minimum absolute atomic E-state index is 0.0381. The number of aromatic nitrogens is 4. The van der Waals surface area contributed by atoms with Gasteiger partial charge in [-0.25, -0.2) is 8.42 Å². The zero-order valence-electron chi connectivity index (χ0n) is 15.9. The maximum absolute atomic E-state index is 13.2. The first-order chi connectivity index (χ1) is 13.9. The monoisotopic (exact) mass is 433 g/mol. The fourth-order valence-electron chi connectivity index (χ4n) is 3.53. The Balaban J connectivity index is 1.53. The number of hydrogen-bond donors (Lipinski definition) is 0. The molecule has 4 heterocycles. The standard InChI is InChI=1S/C18H19N5O4S2/c1-11-14(15(21-27-11)13-4-3-7-19-10-13)17(24)23-8-5-12(6-9-23)16-18(28-22-20-16)29(2,25)26/h3-4,7,10,12H,5-6,8-9H2,1-2H3. The molecule has 3 aromatic rings. The number of carbonyl (C=O) groups excluding carboxylic acids is 1. The van der Waals surface area contributed by atoms with E-state index in [0.29, 0.717) is 54.2 Å². The van der Waals surface area contributed by atoms with Gasteiger partial charge < -0.3 is 9.42 Å². The number of pyridine rings is 1. The van der Waals surface area contributed by atoms with Crippen molar-refractivity contribution in [2.45, 2.75) is 29.9 Å². The van der Waals surface area contributed by atoms with Crippen LogP contribution in [0.15, 0.2) is 33.3 Å².